The highest BCUT2D eigenvalue weighted by atomic mass is 32.2. The SMILES string of the molecule is O=c1ccn(SCc2ccccc2)c(=O)[nH]1. The second-order valence-electron chi connectivity index (χ2n) is 3.19. The van der Waals surface area contributed by atoms with E-state index in [2.05, 4.69) is 4.98 Å². The van der Waals surface area contributed by atoms with E-state index in [1.807, 2.05) is 30.3 Å². The Hall–Kier alpha value is -1.75. The Morgan fingerprint density at radius 3 is 2.56 bits per heavy atom. The molecule has 2 aromatic rings. The molecular weight excluding hydrogens is 224 g/mol. The van der Waals surface area contributed by atoms with Crippen molar-refractivity contribution in [2.45, 2.75) is 5.75 Å². The molecule has 0 aliphatic heterocycles. The van der Waals surface area contributed by atoms with E-state index >= 15 is 0 Å². The molecule has 82 valence electrons. The number of benzene rings is 1. The summed E-state index contributed by atoms with van der Waals surface area (Å²) in [6.07, 6.45) is 1.48. The van der Waals surface area contributed by atoms with Gasteiger partial charge in [0, 0.05) is 18.0 Å². The molecule has 0 atom stereocenters. The number of nitrogens with zero attached hydrogens (tertiary/aromatic N) is 1. The summed E-state index contributed by atoms with van der Waals surface area (Å²) in [7, 11) is 0. The van der Waals surface area contributed by atoms with Gasteiger partial charge in [-0.2, -0.15) is 0 Å². The van der Waals surface area contributed by atoms with Crippen molar-refractivity contribution in [2.24, 2.45) is 0 Å². The van der Waals surface area contributed by atoms with Crippen LogP contribution < -0.4 is 11.2 Å². The zero-order valence-corrected chi connectivity index (χ0v) is 9.24. The van der Waals surface area contributed by atoms with Crippen molar-refractivity contribution in [2.75, 3.05) is 0 Å². The molecule has 1 aromatic heterocycles. The van der Waals surface area contributed by atoms with Crippen molar-refractivity contribution >= 4 is 11.9 Å². The van der Waals surface area contributed by atoms with Gasteiger partial charge in [0.25, 0.3) is 5.56 Å². The van der Waals surface area contributed by atoms with Crippen molar-refractivity contribution in [1.82, 2.24) is 8.96 Å². The van der Waals surface area contributed by atoms with E-state index in [0.717, 1.165) is 5.56 Å². The number of hydrogen-bond acceptors (Lipinski definition) is 3. The molecule has 1 heterocycles. The molecule has 0 spiro atoms. The maximum atomic E-state index is 11.3. The minimum atomic E-state index is -0.395. The van der Waals surface area contributed by atoms with Gasteiger partial charge in [-0.1, -0.05) is 30.3 Å². The van der Waals surface area contributed by atoms with Crippen molar-refractivity contribution in [1.29, 1.82) is 0 Å². The summed E-state index contributed by atoms with van der Waals surface area (Å²) in [4.78, 5) is 24.4. The molecule has 0 saturated carbocycles. The lowest BCUT2D eigenvalue weighted by atomic mass is 10.2. The normalized spacial score (nSPS) is 10.2. The number of nitrogens with one attached hydrogen (secondary N) is 1. The van der Waals surface area contributed by atoms with Gasteiger partial charge in [0.05, 0.1) is 0 Å². The first-order valence-corrected chi connectivity index (χ1v) is 5.69. The summed E-state index contributed by atoms with van der Waals surface area (Å²) in [6, 6.07) is 11.2. The lowest BCUT2D eigenvalue weighted by molar-refractivity contribution is 0.986. The lowest BCUT2D eigenvalue weighted by Gasteiger charge is -2.02. The van der Waals surface area contributed by atoms with Crippen molar-refractivity contribution in [3.05, 3.63) is 69.0 Å². The molecule has 16 heavy (non-hydrogen) atoms. The lowest BCUT2D eigenvalue weighted by Crippen LogP contribution is -2.25. The molecule has 0 fully saturated rings. The monoisotopic (exact) mass is 234 g/mol. The van der Waals surface area contributed by atoms with Crippen LogP contribution >= 0.6 is 11.9 Å². The van der Waals surface area contributed by atoms with Gasteiger partial charge in [0.1, 0.15) is 0 Å². The van der Waals surface area contributed by atoms with Crippen molar-refractivity contribution < 1.29 is 0 Å². The van der Waals surface area contributed by atoms with E-state index in [9.17, 15) is 9.59 Å². The maximum Gasteiger partial charge on any atom is 0.338 e. The van der Waals surface area contributed by atoms with Crippen LogP contribution in [-0.2, 0) is 5.75 Å². The molecule has 0 amide bonds. The standard InChI is InChI=1S/C11H10N2O2S/c14-10-6-7-13(11(15)12-10)16-8-9-4-2-1-3-5-9/h1-7H,8H2,(H,12,14,15). The number of hydrogen-bond donors (Lipinski definition) is 1. The second-order valence-corrected chi connectivity index (χ2v) is 4.14. The summed E-state index contributed by atoms with van der Waals surface area (Å²) in [5.74, 6) is 0.687. The second kappa shape index (κ2) is 4.85. The highest BCUT2D eigenvalue weighted by Gasteiger charge is 1.97. The molecule has 0 radical (unpaired) electrons. The molecular formula is C11H10N2O2S. The van der Waals surface area contributed by atoms with Crippen LogP contribution in [0.15, 0.2) is 52.2 Å². The van der Waals surface area contributed by atoms with Crippen LogP contribution in [-0.4, -0.2) is 8.96 Å². The van der Waals surface area contributed by atoms with E-state index in [1.54, 1.807) is 0 Å². The third-order valence-electron chi connectivity index (χ3n) is 2.00. The first kappa shape index (κ1) is 10.8. The van der Waals surface area contributed by atoms with E-state index in [-0.39, 0.29) is 5.56 Å². The molecule has 0 bridgehead atoms. The Morgan fingerprint density at radius 2 is 1.88 bits per heavy atom. The Labute approximate surface area is 96.1 Å². The average molecular weight is 234 g/mol. The highest BCUT2D eigenvalue weighted by molar-refractivity contribution is 7.97. The van der Waals surface area contributed by atoms with Crippen LogP contribution in [0.5, 0.6) is 0 Å². The molecule has 1 aromatic carbocycles. The van der Waals surface area contributed by atoms with Crippen LogP contribution in [0.4, 0.5) is 0 Å². The Morgan fingerprint density at radius 1 is 1.12 bits per heavy atom. The summed E-state index contributed by atoms with van der Waals surface area (Å²) in [5.41, 5.74) is 0.362. The van der Waals surface area contributed by atoms with E-state index in [1.165, 1.54) is 28.2 Å². The van der Waals surface area contributed by atoms with E-state index in [0.29, 0.717) is 5.75 Å². The number of aromatic nitrogens is 2. The fourth-order valence-corrected chi connectivity index (χ4v) is 2.02. The minimum absolute atomic E-state index is 0.374. The predicted molar refractivity (Wildman–Crippen MR) is 64.5 cm³/mol. The van der Waals surface area contributed by atoms with Gasteiger partial charge in [0.15, 0.2) is 0 Å². The fraction of sp³-hybridized carbons (Fsp3) is 0.0909. The first-order valence-electron chi connectivity index (χ1n) is 4.75. The number of aromatic amines is 1. The van der Waals surface area contributed by atoms with Crippen LogP contribution in [0.3, 0.4) is 0 Å². The third kappa shape index (κ3) is 2.64. The van der Waals surface area contributed by atoms with E-state index < -0.39 is 5.69 Å². The largest absolute Gasteiger partial charge is 0.338 e. The first-order chi connectivity index (χ1) is 7.75. The Bertz CT molecular complexity index is 574. The summed E-state index contributed by atoms with van der Waals surface area (Å²) < 4.78 is 1.41. The smallest absolute Gasteiger partial charge is 0.273 e. The molecule has 0 aliphatic carbocycles. The van der Waals surface area contributed by atoms with Crippen LogP contribution in [0, 0.1) is 0 Å². The van der Waals surface area contributed by atoms with Gasteiger partial charge in [0.2, 0.25) is 0 Å². The van der Waals surface area contributed by atoms with Gasteiger partial charge >= 0.3 is 5.69 Å². The van der Waals surface area contributed by atoms with Crippen LogP contribution in [0.1, 0.15) is 5.56 Å². The van der Waals surface area contributed by atoms with E-state index in [4.69, 9.17) is 0 Å². The molecule has 0 aliphatic rings. The summed E-state index contributed by atoms with van der Waals surface area (Å²) in [6.45, 7) is 0. The predicted octanol–water partition coefficient (Wildman–Crippen LogP) is 1.23. The van der Waals surface area contributed by atoms with Gasteiger partial charge in [-0.3, -0.25) is 9.78 Å². The number of H-pyrrole nitrogens is 1. The Balaban J connectivity index is 2.11. The molecule has 0 unspecified atom stereocenters. The van der Waals surface area contributed by atoms with Crippen LogP contribution in [0.25, 0.3) is 0 Å². The zero-order valence-electron chi connectivity index (χ0n) is 8.42. The van der Waals surface area contributed by atoms with Gasteiger partial charge in [-0.05, 0) is 17.5 Å². The zero-order chi connectivity index (χ0) is 11.4. The Kier molecular flexibility index (Phi) is 3.26. The maximum absolute atomic E-state index is 11.3. The third-order valence-corrected chi connectivity index (χ3v) is 3.03. The quantitative estimate of drug-likeness (QED) is 0.869. The average Bonchev–Trinajstić information content (AvgIpc) is 2.29. The van der Waals surface area contributed by atoms with Gasteiger partial charge < -0.3 is 0 Å². The topological polar surface area (TPSA) is 54.9 Å². The van der Waals surface area contributed by atoms with Gasteiger partial charge in [-0.15, -0.1) is 0 Å². The molecule has 2 rings (SSSR count). The minimum Gasteiger partial charge on any atom is -0.273 e. The molecule has 4 nitrogen and oxygen atoms in total. The summed E-state index contributed by atoms with van der Waals surface area (Å²) >= 11 is 1.34. The van der Waals surface area contributed by atoms with Crippen molar-refractivity contribution in [3.8, 4) is 0 Å². The van der Waals surface area contributed by atoms with Crippen molar-refractivity contribution in [3.63, 3.8) is 0 Å². The van der Waals surface area contributed by atoms with Gasteiger partial charge in [-0.25, -0.2) is 8.77 Å². The number of rotatable bonds is 3. The fourth-order valence-electron chi connectivity index (χ4n) is 1.23. The van der Waals surface area contributed by atoms with Crippen LogP contribution in [0.2, 0.25) is 0 Å². The molecule has 5 heteroatoms. The highest BCUT2D eigenvalue weighted by Crippen LogP contribution is 2.11. The molecule has 0 saturated heterocycles. The molecule has 1 N–H and O–H groups in total. The summed E-state index contributed by atoms with van der Waals surface area (Å²) in [5, 5.41) is 0.